The average Bonchev–Trinajstić information content (AvgIpc) is 3.04. The molecule has 10 heteroatoms. The van der Waals surface area contributed by atoms with Gasteiger partial charge in [-0.15, -0.1) is 0 Å². The van der Waals surface area contributed by atoms with Crippen molar-refractivity contribution in [1.29, 1.82) is 0 Å². The van der Waals surface area contributed by atoms with Crippen molar-refractivity contribution in [3.05, 3.63) is 52.9 Å². The van der Waals surface area contributed by atoms with E-state index in [1.54, 1.807) is 49.4 Å². The van der Waals surface area contributed by atoms with Crippen LogP contribution in [-0.2, 0) is 14.4 Å². The Kier molecular flexibility index (Phi) is 8.31. The van der Waals surface area contributed by atoms with E-state index in [1.165, 1.54) is 13.0 Å². The van der Waals surface area contributed by atoms with Gasteiger partial charge in [-0.2, -0.15) is 0 Å². The Morgan fingerprint density at radius 3 is 2.35 bits per heavy atom. The lowest BCUT2D eigenvalue weighted by atomic mass is 10.2. The topological polar surface area (TPSA) is 111 Å². The molecule has 2 aromatic carbocycles. The molecule has 0 aliphatic carbocycles. The van der Waals surface area contributed by atoms with Crippen LogP contribution in [0.1, 0.15) is 26.3 Å². The summed E-state index contributed by atoms with van der Waals surface area (Å²) >= 11 is 0.742. The van der Waals surface area contributed by atoms with E-state index < -0.39 is 29.6 Å². The van der Waals surface area contributed by atoms with Crippen molar-refractivity contribution >= 4 is 46.5 Å². The van der Waals surface area contributed by atoms with Gasteiger partial charge in [-0.25, -0.2) is 0 Å². The first-order valence-corrected chi connectivity index (χ1v) is 11.4. The molecule has 1 fully saturated rings. The fourth-order valence-corrected chi connectivity index (χ4v) is 3.89. The van der Waals surface area contributed by atoms with Crippen molar-refractivity contribution in [3.63, 3.8) is 0 Å². The van der Waals surface area contributed by atoms with Crippen LogP contribution in [0.15, 0.2) is 47.4 Å². The maximum absolute atomic E-state index is 12.8. The molecule has 0 atom stereocenters. The SMILES string of the molecule is CCOc1ccc(NC(=O)CN2C(=O)S/C(=C/c3ccc(OC(C)=O)c(OCC)c3)C2=O)cc1. The molecule has 0 aromatic heterocycles. The number of nitrogens with zero attached hydrogens (tertiary/aromatic N) is 1. The molecule has 0 saturated carbocycles. The summed E-state index contributed by atoms with van der Waals surface area (Å²) in [4.78, 5) is 49.9. The molecule has 178 valence electrons. The summed E-state index contributed by atoms with van der Waals surface area (Å²) in [6.45, 7) is 5.40. The number of carbonyl (C=O) groups excluding carboxylic acids is 4. The number of benzene rings is 2. The third-order valence-corrected chi connectivity index (χ3v) is 5.35. The number of anilines is 1. The van der Waals surface area contributed by atoms with Crippen LogP contribution in [0.2, 0.25) is 0 Å². The van der Waals surface area contributed by atoms with Gasteiger partial charge in [0.05, 0.1) is 18.1 Å². The zero-order chi connectivity index (χ0) is 24.7. The molecule has 0 radical (unpaired) electrons. The van der Waals surface area contributed by atoms with Gasteiger partial charge < -0.3 is 19.5 Å². The second kappa shape index (κ2) is 11.4. The molecule has 0 bridgehead atoms. The van der Waals surface area contributed by atoms with E-state index in [-0.39, 0.29) is 10.7 Å². The monoisotopic (exact) mass is 484 g/mol. The van der Waals surface area contributed by atoms with Crippen molar-refractivity contribution in [3.8, 4) is 17.2 Å². The summed E-state index contributed by atoms with van der Waals surface area (Å²) < 4.78 is 16.0. The van der Waals surface area contributed by atoms with E-state index in [4.69, 9.17) is 14.2 Å². The Bertz CT molecular complexity index is 1130. The average molecular weight is 485 g/mol. The summed E-state index contributed by atoms with van der Waals surface area (Å²) in [5, 5.41) is 2.12. The van der Waals surface area contributed by atoms with Crippen molar-refractivity contribution in [2.75, 3.05) is 25.1 Å². The maximum atomic E-state index is 12.8. The van der Waals surface area contributed by atoms with Gasteiger partial charge in [0.15, 0.2) is 11.5 Å². The molecule has 1 aliphatic rings. The maximum Gasteiger partial charge on any atom is 0.308 e. The molecule has 3 rings (SSSR count). The Morgan fingerprint density at radius 2 is 1.71 bits per heavy atom. The van der Waals surface area contributed by atoms with Crippen LogP contribution in [0, 0.1) is 0 Å². The Hall–Kier alpha value is -3.79. The first-order valence-electron chi connectivity index (χ1n) is 10.5. The minimum atomic E-state index is -0.570. The van der Waals surface area contributed by atoms with Crippen molar-refractivity contribution in [2.45, 2.75) is 20.8 Å². The van der Waals surface area contributed by atoms with Crippen LogP contribution in [-0.4, -0.2) is 47.7 Å². The highest BCUT2D eigenvalue weighted by Gasteiger charge is 2.36. The zero-order valence-corrected chi connectivity index (χ0v) is 19.8. The van der Waals surface area contributed by atoms with Gasteiger partial charge >= 0.3 is 5.97 Å². The van der Waals surface area contributed by atoms with Crippen molar-refractivity contribution in [1.82, 2.24) is 4.90 Å². The second-order valence-electron chi connectivity index (χ2n) is 7.01. The Labute approximate surface area is 201 Å². The summed E-state index contributed by atoms with van der Waals surface area (Å²) in [7, 11) is 0. The largest absolute Gasteiger partial charge is 0.494 e. The number of esters is 1. The number of hydrogen-bond acceptors (Lipinski definition) is 8. The molecule has 2 aromatic rings. The lowest BCUT2D eigenvalue weighted by molar-refractivity contribution is -0.132. The third-order valence-electron chi connectivity index (χ3n) is 4.44. The van der Waals surface area contributed by atoms with Gasteiger partial charge in [0.25, 0.3) is 11.1 Å². The predicted octanol–water partition coefficient (Wildman–Crippen LogP) is 4.08. The summed E-state index contributed by atoms with van der Waals surface area (Å²) in [5.74, 6) is -0.301. The molecule has 1 aliphatic heterocycles. The number of nitrogens with one attached hydrogen (secondary N) is 1. The molecular weight excluding hydrogens is 460 g/mol. The lowest BCUT2D eigenvalue weighted by Gasteiger charge is -2.13. The van der Waals surface area contributed by atoms with Crippen LogP contribution in [0.25, 0.3) is 6.08 Å². The minimum absolute atomic E-state index is 0.168. The van der Waals surface area contributed by atoms with Crippen LogP contribution in [0.3, 0.4) is 0 Å². The lowest BCUT2D eigenvalue weighted by Crippen LogP contribution is -2.36. The number of imide groups is 1. The molecular formula is C24H24N2O7S. The minimum Gasteiger partial charge on any atom is -0.494 e. The van der Waals surface area contributed by atoms with Crippen LogP contribution >= 0.6 is 11.8 Å². The molecule has 0 unspecified atom stereocenters. The molecule has 9 nitrogen and oxygen atoms in total. The smallest absolute Gasteiger partial charge is 0.308 e. The Morgan fingerprint density at radius 1 is 1.00 bits per heavy atom. The fourth-order valence-electron chi connectivity index (χ4n) is 3.05. The van der Waals surface area contributed by atoms with Gasteiger partial charge in [0, 0.05) is 12.6 Å². The van der Waals surface area contributed by atoms with E-state index in [0.29, 0.717) is 36.0 Å². The first kappa shape index (κ1) is 24.8. The fraction of sp³-hybridized carbons (Fsp3) is 0.250. The molecule has 1 N–H and O–H groups in total. The van der Waals surface area contributed by atoms with Crippen molar-refractivity contribution in [2.24, 2.45) is 0 Å². The number of amides is 3. The van der Waals surface area contributed by atoms with Gasteiger partial charge in [0.1, 0.15) is 12.3 Å². The molecule has 1 heterocycles. The van der Waals surface area contributed by atoms with E-state index in [1.807, 2.05) is 6.92 Å². The quantitative estimate of drug-likeness (QED) is 0.322. The molecule has 1 saturated heterocycles. The van der Waals surface area contributed by atoms with E-state index in [0.717, 1.165) is 16.7 Å². The summed E-state index contributed by atoms with van der Waals surface area (Å²) in [6.07, 6.45) is 1.52. The molecule has 34 heavy (non-hydrogen) atoms. The number of carbonyl (C=O) groups is 4. The number of ether oxygens (including phenoxy) is 3. The van der Waals surface area contributed by atoms with Crippen LogP contribution in [0.5, 0.6) is 17.2 Å². The van der Waals surface area contributed by atoms with E-state index in [2.05, 4.69) is 5.32 Å². The standard InChI is InChI=1S/C24H24N2O7S/c1-4-31-18-9-7-17(8-10-18)25-22(28)14-26-23(29)21(34-24(26)30)13-16-6-11-19(33-15(3)27)20(12-16)32-5-2/h6-13H,4-5,14H2,1-3H3,(H,25,28)/b21-13+. The van der Waals surface area contributed by atoms with Crippen LogP contribution in [0.4, 0.5) is 10.5 Å². The first-order chi connectivity index (χ1) is 16.3. The number of thioether (sulfide) groups is 1. The van der Waals surface area contributed by atoms with Gasteiger partial charge in [-0.1, -0.05) is 6.07 Å². The van der Waals surface area contributed by atoms with Crippen LogP contribution < -0.4 is 19.5 Å². The third kappa shape index (κ3) is 6.38. The summed E-state index contributed by atoms with van der Waals surface area (Å²) in [5.41, 5.74) is 1.09. The number of hydrogen-bond donors (Lipinski definition) is 1. The molecule has 3 amide bonds. The van der Waals surface area contributed by atoms with E-state index in [9.17, 15) is 19.2 Å². The summed E-state index contributed by atoms with van der Waals surface area (Å²) in [6, 6.07) is 11.6. The number of rotatable bonds is 9. The second-order valence-corrected chi connectivity index (χ2v) is 8.00. The highest BCUT2D eigenvalue weighted by molar-refractivity contribution is 8.18. The normalized spacial score (nSPS) is 14.3. The van der Waals surface area contributed by atoms with Gasteiger partial charge in [-0.05, 0) is 73.6 Å². The molecule has 0 spiro atoms. The highest BCUT2D eigenvalue weighted by atomic mass is 32.2. The predicted molar refractivity (Wildman–Crippen MR) is 128 cm³/mol. The highest BCUT2D eigenvalue weighted by Crippen LogP contribution is 2.34. The Balaban J connectivity index is 1.69. The zero-order valence-electron chi connectivity index (χ0n) is 19.0. The van der Waals surface area contributed by atoms with Gasteiger partial charge in [0.2, 0.25) is 5.91 Å². The van der Waals surface area contributed by atoms with E-state index >= 15 is 0 Å². The van der Waals surface area contributed by atoms with Crippen molar-refractivity contribution < 1.29 is 33.4 Å². The van der Waals surface area contributed by atoms with Gasteiger partial charge in [-0.3, -0.25) is 24.1 Å².